The van der Waals surface area contributed by atoms with Gasteiger partial charge in [-0.3, -0.25) is 14.8 Å². The van der Waals surface area contributed by atoms with Crippen LogP contribution in [0, 0.1) is 0 Å². The Bertz CT molecular complexity index is 1310. The van der Waals surface area contributed by atoms with E-state index in [2.05, 4.69) is 0 Å². The van der Waals surface area contributed by atoms with E-state index < -0.39 is 20.5 Å². The molecule has 3 aromatic rings. The van der Waals surface area contributed by atoms with Crippen molar-refractivity contribution in [3.05, 3.63) is 72.3 Å². The summed E-state index contributed by atoms with van der Waals surface area (Å²) in [4.78, 5) is 25.0. The van der Waals surface area contributed by atoms with Gasteiger partial charge in [0.15, 0.2) is 20.4 Å². The normalized spacial score (nSPS) is 15.5. The molecule has 1 saturated heterocycles. The zero-order chi connectivity index (χ0) is 24.9. The molecule has 0 radical (unpaired) electrons. The van der Waals surface area contributed by atoms with Crippen molar-refractivity contribution < 1.29 is 32.7 Å². The zero-order valence-electron chi connectivity index (χ0n) is 19.1. The number of ether oxygens (including phenoxy) is 2. The third-order valence-corrected chi connectivity index (χ3v) is 8.89. The molecule has 3 aromatic carbocycles. The van der Waals surface area contributed by atoms with Crippen molar-refractivity contribution >= 4 is 32.3 Å². The number of ketones is 1. The number of carbonyl (C=O) groups is 2. The van der Waals surface area contributed by atoms with Gasteiger partial charge in [-0.1, -0.05) is 42.5 Å². The molecular formula is C26H27NO7S. The van der Waals surface area contributed by atoms with Gasteiger partial charge in [0.2, 0.25) is 0 Å². The molecular weight excluding hydrogens is 470 g/mol. The van der Waals surface area contributed by atoms with Crippen LogP contribution in [0.15, 0.2) is 71.6 Å². The molecule has 184 valence electrons. The van der Waals surface area contributed by atoms with Gasteiger partial charge >= 0.3 is 0 Å². The van der Waals surface area contributed by atoms with E-state index in [0.29, 0.717) is 24.2 Å². The first-order chi connectivity index (χ1) is 16.9. The van der Waals surface area contributed by atoms with E-state index >= 15 is 0 Å². The van der Waals surface area contributed by atoms with Crippen molar-refractivity contribution in [3.63, 3.8) is 0 Å². The number of fused-ring (bicyclic) bond motifs is 1. The summed E-state index contributed by atoms with van der Waals surface area (Å²) in [5, 5.41) is 11.1. The smallest absolute Gasteiger partial charge is 0.265 e. The number of hydrogen-bond acceptors (Lipinski definition) is 7. The zero-order valence-corrected chi connectivity index (χ0v) is 19.9. The van der Waals surface area contributed by atoms with Crippen LogP contribution in [-0.4, -0.2) is 49.9 Å². The number of nitrogens with one attached hydrogen (secondary N) is 1. The van der Waals surface area contributed by atoms with Crippen LogP contribution in [0.4, 0.5) is 0 Å². The molecule has 0 saturated carbocycles. The number of hydroxylamine groups is 1. The van der Waals surface area contributed by atoms with Gasteiger partial charge in [-0.2, -0.15) is 0 Å². The van der Waals surface area contributed by atoms with Crippen LogP contribution in [0.3, 0.4) is 0 Å². The molecule has 2 N–H and O–H groups in total. The summed E-state index contributed by atoms with van der Waals surface area (Å²) in [7, 11) is -4.09. The number of carbonyl (C=O) groups excluding carboxylic acids is 2. The van der Waals surface area contributed by atoms with Gasteiger partial charge in [-0.05, 0) is 54.3 Å². The Hall–Kier alpha value is -3.27. The molecule has 1 aliphatic heterocycles. The molecule has 4 rings (SSSR count). The maximum absolute atomic E-state index is 13.3. The number of sulfone groups is 1. The first-order valence-corrected chi connectivity index (χ1v) is 12.9. The number of amides is 1. The van der Waals surface area contributed by atoms with Crippen LogP contribution in [0.25, 0.3) is 10.8 Å². The van der Waals surface area contributed by atoms with Crippen LogP contribution in [0.5, 0.6) is 5.75 Å². The molecule has 0 aromatic heterocycles. The Kier molecular flexibility index (Phi) is 7.49. The summed E-state index contributed by atoms with van der Waals surface area (Å²) in [5.74, 6) is -0.470. The molecule has 0 aliphatic carbocycles. The van der Waals surface area contributed by atoms with Crippen LogP contribution in [-0.2, 0) is 19.4 Å². The lowest BCUT2D eigenvalue weighted by Crippen LogP contribution is -2.54. The Labute approximate surface area is 203 Å². The van der Waals surface area contributed by atoms with Gasteiger partial charge in [0.1, 0.15) is 5.75 Å². The topological polar surface area (TPSA) is 119 Å². The number of hydrogen-bond donors (Lipinski definition) is 2. The maximum atomic E-state index is 13.3. The summed E-state index contributed by atoms with van der Waals surface area (Å²) in [6.45, 7) is 0.494. The highest BCUT2D eigenvalue weighted by Crippen LogP contribution is 2.35. The minimum atomic E-state index is -4.09. The van der Waals surface area contributed by atoms with E-state index in [0.717, 1.165) is 10.8 Å². The van der Waals surface area contributed by atoms with E-state index in [4.69, 9.17) is 14.7 Å². The van der Waals surface area contributed by atoms with E-state index in [1.54, 1.807) is 0 Å². The highest BCUT2D eigenvalue weighted by Gasteiger charge is 2.52. The Morgan fingerprint density at radius 3 is 2.37 bits per heavy atom. The molecule has 8 nitrogen and oxygen atoms in total. The fraction of sp³-hybridized carbons (Fsp3) is 0.308. The van der Waals surface area contributed by atoms with Gasteiger partial charge < -0.3 is 9.47 Å². The monoisotopic (exact) mass is 497 g/mol. The summed E-state index contributed by atoms with van der Waals surface area (Å²) in [5.41, 5.74) is 2.19. The standard InChI is InChI=1S/C26H27NO7S/c28-24(23-8-3-6-19-5-1-2-7-22(19)23)9-4-16-34-20-10-12-21(13-11-20)35(31,32)26(25(29)27-30)14-17-33-18-15-26/h1-3,5-8,10-13,30H,4,9,14-18H2,(H,27,29). The summed E-state index contributed by atoms with van der Waals surface area (Å²) >= 11 is 0. The molecule has 9 heteroatoms. The minimum absolute atomic E-state index is 0.0377. The maximum Gasteiger partial charge on any atom is 0.265 e. The summed E-state index contributed by atoms with van der Waals surface area (Å²) in [6.07, 6.45) is 0.721. The first kappa shape index (κ1) is 24.8. The van der Waals surface area contributed by atoms with Crippen molar-refractivity contribution in [3.8, 4) is 5.75 Å². The van der Waals surface area contributed by atoms with Gasteiger partial charge in [-0.15, -0.1) is 0 Å². The Morgan fingerprint density at radius 1 is 0.971 bits per heavy atom. The molecule has 0 unspecified atom stereocenters. The highest BCUT2D eigenvalue weighted by atomic mass is 32.2. The number of benzene rings is 3. The third kappa shape index (κ3) is 4.93. The first-order valence-electron chi connectivity index (χ1n) is 11.4. The minimum Gasteiger partial charge on any atom is -0.494 e. The molecule has 1 aliphatic rings. The summed E-state index contributed by atoms with van der Waals surface area (Å²) in [6, 6.07) is 19.2. The van der Waals surface area contributed by atoms with Crippen LogP contribution >= 0.6 is 0 Å². The SMILES string of the molecule is O=C(CCCOc1ccc(S(=O)(=O)C2(C(=O)NO)CCOCC2)cc1)c1cccc2ccccc12. The molecule has 35 heavy (non-hydrogen) atoms. The van der Waals surface area contributed by atoms with Crippen LogP contribution in [0.1, 0.15) is 36.0 Å². The predicted molar refractivity (Wildman–Crippen MR) is 129 cm³/mol. The lowest BCUT2D eigenvalue weighted by molar-refractivity contribution is -0.134. The predicted octanol–water partition coefficient (Wildman–Crippen LogP) is 3.71. The fourth-order valence-corrected chi connectivity index (χ4v) is 6.33. The number of Topliss-reactive ketones (excluding diaryl/α,β-unsaturated/α-hetero) is 1. The van der Waals surface area contributed by atoms with E-state index in [9.17, 15) is 18.0 Å². The largest absolute Gasteiger partial charge is 0.494 e. The second-order valence-corrected chi connectivity index (χ2v) is 10.7. The lowest BCUT2D eigenvalue weighted by atomic mass is 9.98. The second-order valence-electron chi connectivity index (χ2n) is 8.42. The summed E-state index contributed by atoms with van der Waals surface area (Å²) < 4.78 is 35.7. The molecule has 0 bridgehead atoms. The van der Waals surface area contributed by atoms with Crippen molar-refractivity contribution in [1.29, 1.82) is 0 Å². The quantitative estimate of drug-likeness (QED) is 0.200. The molecule has 1 fully saturated rings. The highest BCUT2D eigenvalue weighted by molar-refractivity contribution is 7.93. The lowest BCUT2D eigenvalue weighted by Gasteiger charge is -2.34. The van der Waals surface area contributed by atoms with Gasteiger partial charge in [0.05, 0.1) is 11.5 Å². The average Bonchev–Trinajstić information content (AvgIpc) is 2.90. The van der Waals surface area contributed by atoms with Gasteiger partial charge in [0.25, 0.3) is 5.91 Å². The van der Waals surface area contributed by atoms with E-state index in [1.807, 2.05) is 42.5 Å². The van der Waals surface area contributed by atoms with E-state index in [1.165, 1.54) is 29.7 Å². The van der Waals surface area contributed by atoms with E-state index in [-0.39, 0.29) is 43.3 Å². The van der Waals surface area contributed by atoms with Crippen molar-refractivity contribution in [2.45, 2.75) is 35.3 Å². The van der Waals surface area contributed by atoms with Crippen molar-refractivity contribution in [2.75, 3.05) is 19.8 Å². The fourth-order valence-electron chi connectivity index (χ4n) is 4.39. The van der Waals surface area contributed by atoms with Crippen LogP contribution < -0.4 is 10.2 Å². The molecule has 0 atom stereocenters. The Balaban J connectivity index is 1.37. The number of rotatable bonds is 9. The van der Waals surface area contributed by atoms with Crippen molar-refractivity contribution in [1.82, 2.24) is 5.48 Å². The van der Waals surface area contributed by atoms with Gasteiger partial charge in [0, 0.05) is 25.2 Å². The molecule has 1 amide bonds. The molecule has 1 heterocycles. The third-order valence-electron chi connectivity index (χ3n) is 6.37. The average molecular weight is 498 g/mol. The Morgan fingerprint density at radius 2 is 1.66 bits per heavy atom. The van der Waals surface area contributed by atoms with Crippen molar-refractivity contribution in [2.24, 2.45) is 0 Å². The van der Waals surface area contributed by atoms with Crippen LogP contribution in [0.2, 0.25) is 0 Å². The molecule has 0 spiro atoms. The second kappa shape index (κ2) is 10.6. The van der Waals surface area contributed by atoms with Gasteiger partial charge in [-0.25, -0.2) is 13.9 Å².